The van der Waals surface area contributed by atoms with Crippen LogP contribution in [-0.2, 0) is 0 Å². The van der Waals surface area contributed by atoms with Crippen LogP contribution in [0.1, 0.15) is 35.8 Å². The first-order chi connectivity index (χ1) is 8.72. The predicted octanol–water partition coefficient (Wildman–Crippen LogP) is 1.21. The molecule has 0 bridgehead atoms. The Balaban J connectivity index is 1.93. The molecule has 0 radical (unpaired) electrons. The molecule has 1 aliphatic heterocycles. The zero-order valence-corrected chi connectivity index (χ0v) is 10.5. The Labute approximate surface area is 107 Å². The first kappa shape index (κ1) is 13.1. The lowest BCUT2D eigenvalue weighted by atomic mass is 10.0. The van der Waals surface area contributed by atoms with Crippen molar-refractivity contribution in [3.05, 3.63) is 24.0 Å². The van der Waals surface area contributed by atoms with Crippen LogP contribution in [0, 0.1) is 0 Å². The Kier molecular flexibility index (Phi) is 4.38. The summed E-state index contributed by atoms with van der Waals surface area (Å²) in [5.74, 6) is -0.859. The number of hydrogen-bond donors (Lipinski definition) is 2. The molecule has 0 amide bonds. The lowest BCUT2D eigenvalue weighted by molar-refractivity contribution is 0.0678. The molecule has 1 saturated heterocycles. The van der Waals surface area contributed by atoms with Crippen molar-refractivity contribution < 1.29 is 15.0 Å². The van der Waals surface area contributed by atoms with Gasteiger partial charge < -0.3 is 19.7 Å². The average molecular weight is 252 g/mol. The van der Waals surface area contributed by atoms with Gasteiger partial charge in [-0.1, -0.05) is 0 Å². The van der Waals surface area contributed by atoms with Gasteiger partial charge in [-0.2, -0.15) is 0 Å². The van der Waals surface area contributed by atoms with Gasteiger partial charge in [-0.15, -0.1) is 0 Å². The van der Waals surface area contributed by atoms with Crippen molar-refractivity contribution in [2.45, 2.75) is 25.3 Å². The van der Waals surface area contributed by atoms with Gasteiger partial charge in [0.15, 0.2) is 0 Å². The van der Waals surface area contributed by atoms with Crippen molar-refractivity contribution in [2.24, 2.45) is 0 Å². The maximum absolute atomic E-state index is 11.1. The summed E-state index contributed by atoms with van der Waals surface area (Å²) in [7, 11) is 0. The van der Waals surface area contributed by atoms with Gasteiger partial charge in [0, 0.05) is 38.5 Å². The fraction of sp³-hybridized carbons (Fsp3) is 0.615. The molecule has 0 aromatic carbocycles. The lowest BCUT2D eigenvalue weighted by Gasteiger charge is -2.33. The second-order valence-corrected chi connectivity index (χ2v) is 4.76. The predicted molar refractivity (Wildman–Crippen MR) is 67.8 cm³/mol. The van der Waals surface area contributed by atoms with E-state index in [1.807, 2.05) is 10.8 Å². The highest BCUT2D eigenvalue weighted by Gasteiger charge is 2.22. The molecule has 1 fully saturated rings. The van der Waals surface area contributed by atoms with E-state index in [4.69, 9.17) is 10.2 Å². The highest BCUT2D eigenvalue weighted by Crippen LogP contribution is 2.24. The van der Waals surface area contributed by atoms with E-state index in [2.05, 4.69) is 4.90 Å². The van der Waals surface area contributed by atoms with Crippen LogP contribution in [0.3, 0.4) is 0 Å². The van der Waals surface area contributed by atoms with Crippen molar-refractivity contribution in [1.29, 1.82) is 0 Å². The number of nitrogens with zero attached hydrogens (tertiary/aromatic N) is 2. The monoisotopic (exact) mass is 252 g/mol. The van der Waals surface area contributed by atoms with Crippen molar-refractivity contribution >= 4 is 5.97 Å². The zero-order valence-electron chi connectivity index (χ0n) is 10.5. The van der Waals surface area contributed by atoms with Crippen molar-refractivity contribution in [1.82, 2.24) is 9.47 Å². The smallest absolute Gasteiger partial charge is 0.352 e. The zero-order chi connectivity index (χ0) is 13.0. The van der Waals surface area contributed by atoms with E-state index in [1.165, 1.54) is 0 Å². The van der Waals surface area contributed by atoms with E-state index < -0.39 is 5.97 Å². The summed E-state index contributed by atoms with van der Waals surface area (Å²) in [5.41, 5.74) is 0.379. The average Bonchev–Trinajstić information content (AvgIpc) is 2.86. The molecule has 1 aromatic rings. The summed E-state index contributed by atoms with van der Waals surface area (Å²) in [6.07, 6.45) is 4.62. The summed E-state index contributed by atoms with van der Waals surface area (Å²) in [4.78, 5) is 13.4. The molecule has 100 valence electrons. The molecule has 2 rings (SSSR count). The van der Waals surface area contributed by atoms with Crippen LogP contribution in [0.15, 0.2) is 18.3 Å². The maximum Gasteiger partial charge on any atom is 0.352 e. The van der Waals surface area contributed by atoms with Gasteiger partial charge in [0.1, 0.15) is 5.69 Å². The molecule has 2 N–H and O–H groups in total. The Hall–Kier alpha value is -1.33. The number of likely N-dealkylation sites (tertiary alicyclic amines) is 1. The van der Waals surface area contributed by atoms with Crippen LogP contribution >= 0.6 is 0 Å². The van der Waals surface area contributed by atoms with Gasteiger partial charge >= 0.3 is 5.97 Å². The summed E-state index contributed by atoms with van der Waals surface area (Å²) in [5, 5.41) is 17.9. The maximum atomic E-state index is 11.1. The topological polar surface area (TPSA) is 65.7 Å². The van der Waals surface area contributed by atoms with Crippen molar-refractivity contribution in [2.75, 3.05) is 26.2 Å². The van der Waals surface area contributed by atoms with Gasteiger partial charge in [-0.25, -0.2) is 4.79 Å². The number of carboxylic acids is 1. The van der Waals surface area contributed by atoms with Crippen LogP contribution in [0.25, 0.3) is 0 Å². The molecule has 0 spiro atoms. The fourth-order valence-corrected chi connectivity index (χ4v) is 2.61. The first-order valence-electron chi connectivity index (χ1n) is 6.45. The SMILES string of the molecule is O=C(O)c1cccn1C1CCN(CCCO)CC1. The van der Waals surface area contributed by atoms with E-state index in [0.717, 1.165) is 38.9 Å². The third kappa shape index (κ3) is 2.91. The third-order valence-electron chi connectivity index (χ3n) is 3.58. The van der Waals surface area contributed by atoms with E-state index in [0.29, 0.717) is 5.69 Å². The van der Waals surface area contributed by atoms with Crippen molar-refractivity contribution in [3.63, 3.8) is 0 Å². The Bertz CT molecular complexity index is 395. The van der Waals surface area contributed by atoms with Gasteiger partial charge in [-0.05, 0) is 31.4 Å². The van der Waals surface area contributed by atoms with E-state index in [-0.39, 0.29) is 12.6 Å². The lowest BCUT2D eigenvalue weighted by Crippen LogP contribution is -2.36. The number of aromatic carboxylic acids is 1. The minimum Gasteiger partial charge on any atom is -0.477 e. The van der Waals surface area contributed by atoms with Gasteiger partial charge in [-0.3, -0.25) is 0 Å². The number of carbonyl (C=O) groups is 1. The molecule has 18 heavy (non-hydrogen) atoms. The Morgan fingerprint density at radius 2 is 2.11 bits per heavy atom. The minimum atomic E-state index is -0.859. The molecular formula is C13H20N2O3. The third-order valence-corrected chi connectivity index (χ3v) is 3.58. The molecule has 1 aromatic heterocycles. The number of aliphatic hydroxyl groups is 1. The number of aliphatic hydroxyl groups excluding tert-OH is 1. The van der Waals surface area contributed by atoms with Crippen LogP contribution in [0.2, 0.25) is 0 Å². The van der Waals surface area contributed by atoms with E-state index >= 15 is 0 Å². The van der Waals surface area contributed by atoms with Gasteiger partial charge in [0.25, 0.3) is 0 Å². The number of aromatic nitrogens is 1. The van der Waals surface area contributed by atoms with Crippen LogP contribution < -0.4 is 0 Å². The van der Waals surface area contributed by atoms with Crippen LogP contribution in [-0.4, -0.2) is 51.9 Å². The van der Waals surface area contributed by atoms with E-state index in [9.17, 15) is 4.79 Å². The molecule has 2 heterocycles. The highest BCUT2D eigenvalue weighted by molar-refractivity contribution is 5.85. The number of carboxylic acid groups (broad SMARTS) is 1. The Morgan fingerprint density at radius 3 is 2.72 bits per heavy atom. The standard InChI is InChI=1S/C13H20N2O3/c16-10-2-6-14-8-4-11(5-9-14)15-7-1-3-12(15)13(17)18/h1,3,7,11,16H,2,4-6,8-10H2,(H,17,18). The first-order valence-corrected chi connectivity index (χ1v) is 6.45. The van der Waals surface area contributed by atoms with E-state index in [1.54, 1.807) is 12.1 Å². The summed E-state index contributed by atoms with van der Waals surface area (Å²) < 4.78 is 1.88. The molecule has 0 saturated carbocycles. The molecule has 0 aliphatic carbocycles. The summed E-state index contributed by atoms with van der Waals surface area (Å²) in [6, 6.07) is 3.73. The van der Waals surface area contributed by atoms with Gasteiger partial charge in [0.2, 0.25) is 0 Å². The molecule has 0 atom stereocenters. The quantitative estimate of drug-likeness (QED) is 0.826. The summed E-state index contributed by atoms with van der Waals surface area (Å²) in [6.45, 7) is 3.12. The number of hydrogen-bond acceptors (Lipinski definition) is 3. The van der Waals surface area contributed by atoms with Gasteiger partial charge in [0.05, 0.1) is 0 Å². The molecule has 0 unspecified atom stereocenters. The second-order valence-electron chi connectivity index (χ2n) is 4.76. The highest BCUT2D eigenvalue weighted by atomic mass is 16.4. The fourth-order valence-electron chi connectivity index (χ4n) is 2.61. The second kappa shape index (κ2) is 6.02. The number of rotatable bonds is 5. The largest absolute Gasteiger partial charge is 0.477 e. The summed E-state index contributed by atoms with van der Waals surface area (Å²) >= 11 is 0. The Morgan fingerprint density at radius 1 is 1.39 bits per heavy atom. The molecular weight excluding hydrogens is 232 g/mol. The van der Waals surface area contributed by atoms with Crippen molar-refractivity contribution in [3.8, 4) is 0 Å². The number of piperidine rings is 1. The van der Waals surface area contributed by atoms with Crippen LogP contribution in [0.4, 0.5) is 0 Å². The normalized spacial score (nSPS) is 18.1. The molecule has 5 nitrogen and oxygen atoms in total. The minimum absolute atomic E-state index is 0.237. The molecule has 5 heteroatoms. The molecule has 1 aliphatic rings. The van der Waals surface area contributed by atoms with Crippen LogP contribution in [0.5, 0.6) is 0 Å².